The Morgan fingerprint density at radius 2 is 2.08 bits per heavy atom. The van der Waals surface area contributed by atoms with Crippen LogP contribution >= 0.6 is 0 Å². The van der Waals surface area contributed by atoms with Crippen molar-refractivity contribution >= 4 is 11.9 Å². The summed E-state index contributed by atoms with van der Waals surface area (Å²) in [5, 5.41) is 19.3. The lowest BCUT2D eigenvalue weighted by molar-refractivity contribution is -0.141. The fraction of sp³-hybridized carbons (Fsp3) is 0.750. The van der Waals surface area contributed by atoms with Gasteiger partial charge in [0.05, 0.1) is 12.5 Å². The van der Waals surface area contributed by atoms with Gasteiger partial charge in [-0.1, -0.05) is 6.92 Å². The molecular formula is C8H15NO4. The Hall–Kier alpha value is -1.10. The lowest BCUT2D eigenvalue weighted by Crippen LogP contribution is -2.27. The van der Waals surface area contributed by atoms with E-state index in [4.69, 9.17) is 10.2 Å². The van der Waals surface area contributed by atoms with E-state index in [2.05, 4.69) is 5.32 Å². The molecule has 0 unspecified atom stereocenters. The first-order valence-corrected chi connectivity index (χ1v) is 4.18. The summed E-state index contributed by atoms with van der Waals surface area (Å²) >= 11 is 0. The van der Waals surface area contributed by atoms with Crippen LogP contribution in [0, 0.1) is 5.92 Å². The number of nitrogens with one attached hydrogen (secondary N) is 1. The fourth-order valence-corrected chi connectivity index (χ4v) is 0.755. The standard InChI is InChI=1S/C8H15NO4/c1-6(8(12)13)2-3-7(11)9-4-5-10/h6,10H,2-5H2,1H3,(H,9,11)(H,12,13)/t6-/m0/s1. The first-order valence-electron chi connectivity index (χ1n) is 4.18. The first-order chi connectivity index (χ1) is 6.07. The number of rotatable bonds is 6. The van der Waals surface area contributed by atoms with E-state index in [1.54, 1.807) is 6.92 Å². The molecule has 5 nitrogen and oxygen atoms in total. The molecule has 76 valence electrons. The minimum Gasteiger partial charge on any atom is -0.481 e. The van der Waals surface area contributed by atoms with Crippen LogP contribution in [-0.2, 0) is 9.59 Å². The maximum atomic E-state index is 10.9. The number of carboxylic acids is 1. The summed E-state index contributed by atoms with van der Waals surface area (Å²) in [6.45, 7) is 1.68. The number of hydrogen-bond donors (Lipinski definition) is 3. The van der Waals surface area contributed by atoms with Gasteiger partial charge in [-0.2, -0.15) is 0 Å². The molecule has 0 bridgehead atoms. The van der Waals surface area contributed by atoms with Gasteiger partial charge in [0.15, 0.2) is 0 Å². The van der Waals surface area contributed by atoms with Crippen molar-refractivity contribution in [2.75, 3.05) is 13.2 Å². The van der Waals surface area contributed by atoms with Gasteiger partial charge in [-0.25, -0.2) is 0 Å². The Kier molecular flexibility index (Phi) is 5.88. The predicted molar refractivity (Wildman–Crippen MR) is 46.1 cm³/mol. The second-order valence-electron chi connectivity index (χ2n) is 2.85. The van der Waals surface area contributed by atoms with Crippen molar-refractivity contribution in [1.82, 2.24) is 5.32 Å². The van der Waals surface area contributed by atoms with Crippen molar-refractivity contribution in [1.29, 1.82) is 0 Å². The zero-order valence-electron chi connectivity index (χ0n) is 7.62. The van der Waals surface area contributed by atoms with E-state index < -0.39 is 11.9 Å². The van der Waals surface area contributed by atoms with Crippen LogP contribution in [0.1, 0.15) is 19.8 Å². The Morgan fingerprint density at radius 3 is 2.54 bits per heavy atom. The molecule has 1 amide bonds. The van der Waals surface area contributed by atoms with E-state index in [1.807, 2.05) is 0 Å². The van der Waals surface area contributed by atoms with Gasteiger partial charge >= 0.3 is 5.97 Å². The largest absolute Gasteiger partial charge is 0.481 e. The molecule has 0 saturated heterocycles. The minimum atomic E-state index is -0.894. The average Bonchev–Trinajstić information content (AvgIpc) is 2.10. The van der Waals surface area contributed by atoms with Gasteiger partial charge in [-0.3, -0.25) is 9.59 Å². The number of aliphatic carboxylic acids is 1. The highest BCUT2D eigenvalue weighted by atomic mass is 16.4. The third kappa shape index (κ3) is 6.10. The van der Waals surface area contributed by atoms with Crippen LogP contribution in [0.25, 0.3) is 0 Å². The van der Waals surface area contributed by atoms with Crippen molar-refractivity contribution in [3.05, 3.63) is 0 Å². The predicted octanol–water partition coefficient (Wildman–Crippen LogP) is -0.404. The number of hydrogen-bond acceptors (Lipinski definition) is 3. The maximum Gasteiger partial charge on any atom is 0.306 e. The van der Waals surface area contributed by atoms with Crippen LogP contribution in [0.3, 0.4) is 0 Å². The monoisotopic (exact) mass is 189 g/mol. The van der Waals surface area contributed by atoms with Gasteiger partial charge < -0.3 is 15.5 Å². The highest BCUT2D eigenvalue weighted by Gasteiger charge is 2.12. The highest BCUT2D eigenvalue weighted by Crippen LogP contribution is 2.04. The zero-order chi connectivity index (χ0) is 10.3. The van der Waals surface area contributed by atoms with Gasteiger partial charge in [0.2, 0.25) is 5.91 Å². The molecule has 5 heteroatoms. The number of amides is 1. The molecule has 0 heterocycles. The first kappa shape index (κ1) is 11.9. The summed E-state index contributed by atoms with van der Waals surface area (Å²) in [4.78, 5) is 21.3. The molecule has 0 aromatic carbocycles. The van der Waals surface area contributed by atoms with Crippen molar-refractivity contribution in [3.63, 3.8) is 0 Å². The molecule has 0 aliphatic carbocycles. The van der Waals surface area contributed by atoms with E-state index in [-0.39, 0.29) is 25.5 Å². The summed E-state index contributed by atoms with van der Waals surface area (Å²) in [5.41, 5.74) is 0. The molecule has 0 radical (unpaired) electrons. The van der Waals surface area contributed by atoms with Crippen molar-refractivity contribution in [3.8, 4) is 0 Å². The normalized spacial score (nSPS) is 12.2. The number of aliphatic hydroxyl groups excluding tert-OH is 1. The molecule has 13 heavy (non-hydrogen) atoms. The summed E-state index contributed by atoms with van der Waals surface area (Å²) in [6, 6.07) is 0. The van der Waals surface area contributed by atoms with Gasteiger partial charge in [0.1, 0.15) is 0 Å². The Labute approximate surface area is 76.8 Å². The summed E-state index contributed by atoms with van der Waals surface area (Å²) in [6.07, 6.45) is 0.514. The zero-order valence-corrected chi connectivity index (χ0v) is 7.62. The molecule has 0 rings (SSSR count). The number of carbonyl (C=O) groups is 2. The number of carboxylic acid groups (broad SMARTS) is 1. The molecule has 0 aromatic rings. The van der Waals surface area contributed by atoms with Crippen LogP contribution in [-0.4, -0.2) is 35.2 Å². The number of aliphatic hydroxyl groups is 1. The van der Waals surface area contributed by atoms with Crippen molar-refractivity contribution in [2.45, 2.75) is 19.8 Å². The fourth-order valence-electron chi connectivity index (χ4n) is 0.755. The molecule has 0 aliphatic rings. The van der Waals surface area contributed by atoms with Gasteiger partial charge in [-0.05, 0) is 6.42 Å². The molecule has 0 aliphatic heterocycles. The third-order valence-electron chi connectivity index (χ3n) is 1.66. The van der Waals surface area contributed by atoms with E-state index in [9.17, 15) is 9.59 Å². The second kappa shape index (κ2) is 6.42. The SMILES string of the molecule is C[C@@H](CCC(=O)NCCO)C(=O)O. The Morgan fingerprint density at radius 1 is 1.46 bits per heavy atom. The van der Waals surface area contributed by atoms with Crippen molar-refractivity contribution in [2.24, 2.45) is 5.92 Å². The molecule has 0 fully saturated rings. The average molecular weight is 189 g/mol. The lowest BCUT2D eigenvalue weighted by atomic mass is 10.1. The van der Waals surface area contributed by atoms with E-state index in [0.717, 1.165) is 0 Å². The second-order valence-corrected chi connectivity index (χ2v) is 2.85. The van der Waals surface area contributed by atoms with Crippen LogP contribution in [0.15, 0.2) is 0 Å². The third-order valence-corrected chi connectivity index (χ3v) is 1.66. The molecular weight excluding hydrogens is 174 g/mol. The smallest absolute Gasteiger partial charge is 0.306 e. The Bertz CT molecular complexity index is 181. The molecule has 0 saturated carbocycles. The highest BCUT2D eigenvalue weighted by molar-refractivity contribution is 5.77. The topological polar surface area (TPSA) is 86.6 Å². The van der Waals surface area contributed by atoms with Crippen LogP contribution in [0.2, 0.25) is 0 Å². The molecule has 0 spiro atoms. The van der Waals surface area contributed by atoms with E-state index in [0.29, 0.717) is 6.42 Å². The summed E-state index contributed by atoms with van der Waals surface area (Å²) < 4.78 is 0. The minimum absolute atomic E-state index is 0.0970. The van der Waals surface area contributed by atoms with E-state index >= 15 is 0 Å². The van der Waals surface area contributed by atoms with E-state index in [1.165, 1.54) is 0 Å². The molecule has 0 aromatic heterocycles. The van der Waals surface area contributed by atoms with Crippen LogP contribution in [0.5, 0.6) is 0 Å². The summed E-state index contributed by atoms with van der Waals surface area (Å²) in [7, 11) is 0. The molecule has 3 N–H and O–H groups in total. The number of carbonyl (C=O) groups excluding carboxylic acids is 1. The lowest BCUT2D eigenvalue weighted by Gasteiger charge is -2.05. The van der Waals surface area contributed by atoms with Crippen LogP contribution in [0.4, 0.5) is 0 Å². The van der Waals surface area contributed by atoms with Crippen molar-refractivity contribution < 1.29 is 19.8 Å². The van der Waals surface area contributed by atoms with Gasteiger partial charge in [0.25, 0.3) is 0 Å². The maximum absolute atomic E-state index is 10.9. The van der Waals surface area contributed by atoms with Crippen LogP contribution < -0.4 is 5.32 Å². The quantitative estimate of drug-likeness (QED) is 0.530. The molecule has 1 atom stereocenters. The van der Waals surface area contributed by atoms with Gasteiger partial charge in [-0.15, -0.1) is 0 Å². The summed E-state index contributed by atoms with van der Waals surface area (Å²) in [5.74, 6) is -1.61. The Balaban J connectivity index is 3.52. The van der Waals surface area contributed by atoms with Gasteiger partial charge in [0, 0.05) is 13.0 Å².